The number of hydrogen-bond acceptors (Lipinski definition) is 4. The summed E-state index contributed by atoms with van der Waals surface area (Å²) in [4.78, 5) is 39.4. The Kier molecular flexibility index (Phi) is 7.26. The van der Waals surface area contributed by atoms with Crippen LogP contribution in [0.2, 0.25) is 0 Å². The van der Waals surface area contributed by atoms with Crippen molar-refractivity contribution in [1.29, 1.82) is 0 Å². The van der Waals surface area contributed by atoms with Crippen LogP contribution in [0.25, 0.3) is 0 Å². The van der Waals surface area contributed by atoms with E-state index in [2.05, 4.69) is 10.6 Å². The maximum Gasteiger partial charge on any atom is 0.261 e. The Bertz CT molecular complexity index is 641. The van der Waals surface area contributed by atoms with Gasteiger partial charge in [0.15, 0.2) is 0 Å². The fraction of sp³-hybridized carbons (Fsp3) is 0.650. The molecule has 7 heteroatoms. The fourth-order valence-corrected chi connectivity index (χ4v) is 4.56. The maximum atomic E-state index is 12.6. The third-order valence-electron chi connectivity index (χ3n) is 5.47. The number of piperidine rings is 1. The largest absolute Gasteiger partial charge is 0.353 e. The van der Waals surface area contributed by atoms with E-state index in [1.54, 1.807) is 11.0 Å². The van der Waals surface area contributed by atoms with Crippen molar-refractivity contribution in [2.75, 3.05) is 19.6 Å². The van der Waals surface area contributed by atoms with Crippen molar-refractivity contribution >= 4 is 29.1 Å². The van der Waals surface area contributed by atoms with Crippen molar-refractivity contribution in [3.63, 3.8) is 0 Å². The van der Waals surface area contributed by atoms with E-state index in [1.807, 2.05) is 11.4 Å². The van der Waals surface area contributed by atoms with Gasteiger partial charge in [-0.05, 0) is 37.1 Å². The van der Waals surface area contributed by atoms with Crippen LogP contribution in [0.1, 0.15) is 61.0 Å². The molecule has 2 aliphatic rings. The summed E-state index contributed by atoms with van der Waals surface area (Å²) in [5.74, 6) is -0.131. The van der Waals surface area contributed by atoms with E-state index >= 15 is 0 Å². The molecule has 3 amide bonds. The number of rotatable bonds is 6. The number of hydrogen-bond donors (Lipinski definition) is 2. The Morgan fingerprint density at radius 3 is 2.67 bits per heavy atom. The summed E-state index contributed by atoms with van der Waals surface area (Å²) in [7, 11) is 0. The van der Waals surface area contributed by atoms with Gasteiger partial charge in [0.25, 0.3) is 5.91 Å². The van der Waals surface area contributed by atoms with E-state index < -0.39 is 0 Å². The molecule has 1 aromatic heterocycles. The van der Waals surface area contributed by atoms with E-state index in [9.17, 15) is 14.4 Å². The molecule has 1 saturated heterocycles. The zero-order chi connectivity index (χ0) is 19.1. The second kappa shape index (κ2) is 9.88. The van der Waals surface area contributed by atoms with Gasteiger partial charge in [-0.1, -0.05) is 25.3 Å². The number of nitrogens with one attached hydrogen (secondary N) is 2. The highest BCUT2D eigenvalue weighted by molar-refractivity contribution is 7.12. The highest BCUT2D eigenvalue weighted by Crippen LogP contribution is 2.21. The molecular formula is C20H29N3O3S. The summed E-state index contributed by atoms with van der Waals surface area (Å²) in [6.07, 6.45) is 7.77. The Balaban J connectivity index is 1.40. The smallest absolute Gasteiger partial charge is 0.261 e. The normalized spacial score (nSPS) is 20.9. The minimum Gasteiger partial charge on any atom is -0.353 e. The lowest BCUT2D eigenvalue weighted by Crippen LogP contribution is -2.48. The van der Waals surface area contributed by atoms with Crippen LogP contribution < -0.4 is 10.6 Å². The first-order valence-corrected chi connectivity index (χ1v) is 10.9. The van der Waals surface area contributed by atoms with Gasteiger partial charge in [-0.2, -0.15) is 0 Å². The van der Waals surface area contributed by atoms with Gasteiger partial charge in [-0.25, -0.2) is 0 Å². The molecular weight excluding hydrogens is 362 g/mol. The molecule has 1 atom stereocenters. The maximum absolute atomic E-state index is 12.6. The van der Waals surface area contributed by atoms with Crippen LogP contribution in [-0.4, -0.2) is 48.3 Å². The molecule has 1 unspecified atom stereocenters. The van der Waals surface area contributed by atoms with Gasteiger partial charge in [0.2, 0.25) is 11.8 Å². The van der Waals surface area contributed by atoms with Crippen LogP contribution in [0.5, 0.6) is 0 Å². The number of amides is 3. The predicted molar refractivity (Wildman–Crippen MR) is 106 cm³/mol. The average molecular weight is 392 g/mol. The molecule has 0 radical (unpaired) electrons. The zero-order valence-electron chi connectivity index (χ0n) is 15.7. The lowest BCUT2D eigenvalue weighted by atomic mass is 9.93. The molecule has 2 N–H and O–H groups in total. The van der Waals surface area contributed by atoms with Crippen LogP contribution in [0, 0.1) is 5.92 Å². The molecule has 2 fully saturated rings. The molecule has 1 saturated carbocycles. The van der Waals surface area contributed by atoms with Crippen LogP contribution in [-0.2, 0) is 9.59 Å². The summed E-state index contributed by atoms with van der Waals surface area (Å²) in [5, 5.41) is 7.83. The van der Waals surface area contributed by atoms with Crippen molar-refractivity contribution in [1.82, 2.24) is 15.5 Å². The Morgan fingerprint density at radius 1 is 1.11 bits per heavy atom. The molecule has 0 bridgehead atoms. The van der Waals surface area contributed by atoms with Crippen molar-refractivity contribution in [3.8, 4) is 0 Å². The summed E-state index contributed by atoms with van der Waals surface area (Å²) >= 11 is 1.38. The molecule has 0 aromatic carbocycles. The lowest BCUT2D eigenvalue weighted by Gasteiger charge is -2.33. The van der Waals surface area contributed by atoms with Gasteiger partial charge >= 0.3 is 0 Å². The first kappa shape index (κ1) is 19.9. The lowest BCUT2D eigenvalue weighted by molar-refractivity contribution is -0.135. The van der Waals surface area contributed by atoms with E-state index in [1.165, 1.54) is 30.6 Å². The van der Waals surface area contributed by atoms with Crippen LogP contribution >= 0.6 is 11.3 Å². The van der Waals surface area contributed by atoms with E-state index in [0.29, 0.717) is 30.6 Å². The van der Waals surface area contributed by atoms with E-state index in [4.69, 9.17) is 0 Å². The third kappa shape index (κ3) is 5.79. The summed E-state index contributed by atoms with van der Waals surface area (Å²) in [5.41, 5.74) is 0. The van der Waals surface area contributed by atoms with Gasteiger partial charge in [-0.3, -0.25) is 14.4 Å². The number of likely N-dealkylation sites (tertiary alicyclic amines) is 1. The number of thiophene rings is 1. The second-order valence-corrected chi connectivity index (χ2v) is 8.45. The van der Waals surface area contributed by atoms with Crippen LogP contribution in [0.15, 0.2) is 17.5 Å². The Labute approximate surface area is 164 Å². The van der Waals surface area contributed by atoms with Gasteiger partial charge in [0.1, 0.15) is 0 Å². The molecule has 1 aliphatic heterocycles. The molecule has 148 valence electrons. The molecule has 1 aromatic rings. The molecule has 0 spiro atoms. The van der Waals surface area contributed by atoms with Crippen molar-refractivity contribution in [3.05, 3.63) is 22.4 Å². The summed E-state index contributed by atoms with van der Waals surface area (Å²) in [6, 6.07) is 3.91. The van der Waals surface area contributed by atoms with E-state index in [0.717, 1.165) is 25.7 Å². The molecule has 27 heavy (non-hydrogen) atoms. The highest BCUT2D eigenvalue weighted by Gasteiger charge is 2.29. The monoisotopic (exact) mass is 391 g/mol. The molecule has 2 heterocycles. The van der Waals surface area contributed by atoms with Crippen molar-refractivity contribution in [2.24, 2.45) is 5.92 Å². The Morgan fingerprint density at radius 2 is 1.93 bits per heavy atom. The minimum atomic E-state index is -0.138. The average Bonchev–Trinajstić information content (AvgIpc) is 3.23. The Hall–Kier alpha value is -1.89. The van der Waals surface area contributed by atoms with Gasteiger partial charge in [0.05, 0.1) is 10.8 Å². The van der Waals surface area contributed by atoms with E-state index in [-0.39, 0.29) is 30.1 Å². The predicted octanol–water partition coefficient (Wildman–Crippen LogP) is 2.56. The minimum absolute atomic E-state index is 0.0108. The quantitative estimate of drug-likeness (QED) is 0.782. The number of nitrogens with zero attached hydrogens (tertiary/aromatic N) is 1. The first-order valence-electron chi connectivity index (χ1n) is 10.0. The summed E-state index contributed by atoms with van der Waals surface area (Å²) < 4.78 is 0. The van der Waals surface area contributed by atoms with Crippen LogP contribution in [0.4, 0.5) is 0 Å². The second-order valence-electron chi connectivity index (χ2n) is 7.51. The number of carbonyl (C=O) groups excluding carboxylic acids is 3. The molecule has 3 rings (SSSR count). The van der Waals surface area contributed by atoms with Crippen LogP contribution in [0.3, 0.4) is 0 Å². The van der Waals surface area contributed by atoms with Gasteiger partial charge in [0, 0.05) is 32.1 Å². The SMILES string of the molecule is O=C(NCCC(=O)N1CCCC(C(=O)NC2CCCCC2)C1)c1cccs1. The first-order chi connectivity index (χ1) is 13.1. The third-order valence-corrected chi connectivity index (χ3v) is 6.33. The number of carbonyl (C=O) groups is 3. The standard InChI is InChI=1S/C20H29N3O3S/c24-18(10-11-21-20(26)17-9-5-13-27-17)23-12-4-6-15(14-23)19(25)22-16-7-2-1-3-8-16/h5,9,13,15-16H,1-4,6-8,10-12,14H2,(H,21,26)(H,22,25). The topological polar surface area (TPSA) is 78.5 Å². The molecule has 1 aliphatic carbocycles. The van der Waals surface area contributed by atoms with Crippen molar-refractivity contribution in [2.45, 2.75) is 57.4 Å². The zero-order valence-corrected chi connectivity index (χ0v) is 16.6. The van der Waals surface area contributed by atoms with Gasteiger partial charge < -0.3 is 15.5 Å². The van der Waals surface area contributed by atoms with Gasteiger partial charge in [-0.15, -0.1) is 11.3 Å². The highest BCUT2D eigenvalue weighted by atomic mass is 32.1. The summed E-state index contributed by atoms with van der Waals surface area (Å²) in [6.45, 7) is 1.52. The van der Waals surface area contributed by atoms with Crippen molar-refractivity contribution < 1.29 is 14.4 Å². The fourth-order valence-electron chi connectivity index (χ4n) is 3.92. The molecule has 6 nitrogen and oxygen atoms in total.